The van der Waals surface area contributed by atoms with Crippen LogP contribution in [0.5, 0.6) is 0 Å². The normalized spacial score (nSPS) is 19.4. The van der Waals surface area contributed by atoms with Crippen molar-refractivity contribution in [3.8, 4) is 0 Å². The number of ether oxygens (including phenoxy) is 1. The van der Waals surface area contributed by atoms with Crippen LogP contribution in [-0.2, 0) is 18.8 Å². The number of rotatable bonds is 3. The van der Waals surface area contributed by atoms with Crippen LogP contribution >= 0.6 is 0 Å². The number of esters is 2. The van der Waals surface area contributed by atoms with Gasteiger partial charge in [0.2, 0.25) is 0 Å². The molecule has 98 valence electrons. The zero-order valence-electron chi connectivity index (χ0n) is 11.3. The standard InChI is InChI=1S/C12H22O4Si/c1-12(2,3)8-17(4,5)16-9-6-10(13)15-11(14)7-9/h9H,6-8H2,1-5H3. The highest BCUT2D eigenvalue weighted by Crippen LogP contribution is 2.30. The molecule has 0 radical (unpaired) electrons. The number of cyclic esters (lactones) is 2. The Bertz CT molecular complexity index is 301. The fraction of sp³-hybridized carbons (Fsp3) is 0.833. The second-order valence-electron chi connectivity index (χ2n) is 6.49. The van der Waals surface area contributed by atoms with E-state index < -0.39 is 20.3 Å². The van der Waals surface area contributed by atoms with Crippen molar-refractivity contribution in [2.24, 2.45) is 5.41 Å². The van der Waals surface area contributed by atoms with Crippen molar-refractivity contribution in [2.75, 3.05) is 0 Å². The van der Waals surface area contributed by atoms with Gasteiger partial charge < -0.3 is 9.16 Å². The van der Waals surface area contributed by atoms with Crippen LogP contribution in [0.25, 0.3) is 0 Å². The van der Waals surface area contributed by atoms with E-state index in [1.54, 1.807) is 0 Å². The van der Waals surface area contributed by atoms with Gasteiger partial charge in [-0.05, 0) is 24.6 Å². The Hall–Kier alpha value is -0.683. The molecule has 1 saturated heterocycles. The fourth-order valence-electron chi connectivity index (χ4n) is 2.51. The van der Waals surface area contributed by atoms with Crippen LogP contribution < -0.4 is 0 Å². The summed E-state index contributed by atoms with van der Waals surface area (Å²) in [5, 5.41) is 0. The molecular weight excluding hydrogens is 236 g/mol. The topological polar surface area (TPSA) is 52.6 Å². The molecule has 1 aliphatic heterocycles. The first-order chi connectivity index (χ1) is 7.57. The van der Waals surface area contributed by atoms with Gasteiger partial charge >= 0.3 is 11.9 Å². The molecule has 0 aliphatic carbocycles. The van der Waals surface area contributed by atoms with Gasteiger partial charge in [-0.1, -0.05) is 20.8 Å². The Balaban J connectivity index is 2.57. The molecule has 5 heteroatoms. The molecule has 0 aromatic rings. The molecule has 0 bridgehead atoms. The Morgan fingerprint density at radius 3 is 2.12 bits per heavy atom. The fourth-order valence-corrected chi connectivity index (χ4v) is 6.21. The van der Waals surface area contributed by atoms with Crippen LogP contribution in [0, 0.1) is 5.41 Å². The van der Waals surface area contributed by atoms with Crippen LogP contribution in [0.1, 0.15) is 33.6 Å². The summed E-state index contributed by atoms with van der Waals surface area (Å²) in [6.07, 6.45) is 0.117. The lowest BCUT2D eigenvalue weighted by Gasteiger charge is -2.34. The molecule has 1 aliphatic rings. The summed E-state index contributed by atoms with van der Waals surface area (Å²) in [4.78, 5) is 22.3. The molecule has 0 atom stereocenters. The van der Waals surface area contributed by atoms with E-state index in [4.69, 9.17) is 4.43 Å². The molecule has 1 heterocycles. The second kappa shape index (κ2) is 4.90. The summed E-state index contributed by atoms with van der Waals surface area (Å²) in [5.74, 6) is -0.932. The predicted octanol–water partition coefficient (Wildman–Crippen LogP) is 2.49. The quantitative estimate of drug-likeness (QED) is 0.443. The highest BCUT2D eigenvalue weighted by molar-refractivity contribution is 6.71. The molecule has 0 aromatic heterocycles. The van der Waals surface area contributed by atoms with E-state index in [2.05, 4.69) is 38.6 Å². The van der Waals surface area contributed by atoms with Gasteiger partial charge in [0.15, 0.2) is 8.32 Å². The maximum absolute atomic E-state index is 11.1. The van der Waals surface area contributed by atoms with Gasteiger partial charge in [-0.2, -0.15) is 0 Å². The number of hydrogen-bond donors (Lipinski definition) is 0. The molecule has 0 spiro atoms. The minimum Gasteiger partial charge on any atom is -0.413 e. The van der Waals surface area contributed by atoms with Crippen molar-refractivity contribution in [1.29, 1.82) is 0 Å². The second-order valence-corrected chi connectivity index (χ2v) is 10.6. The third kappa shape index (κ3) is 5.45. The first-order valence-corrected chi connectivity index (χ1v) is 9.10. The van der Waals surface area contributed by atoms with Crippen LogP contribution in [0.3, 0.4) is 0 Å². The number of carbonyl (C=O) groups excluding carboxylic acids is 2. The van der Waals surface area contributed by atoms with Gasteiger partial charge in [0, 0.05) is 0 Å². The average molecular weight is 258 g/mol. The molecular formula is C12H22O4Si. The summed E-state index contributed by atoms with van der Waals surface area (Å²) >= 11 is 0. The van der Waals surface area contributed by atoms with E-state index >= 15 is 0 Å². The van der Waals surface area contributed by atoms with Crippen LogP contribution in [0.4, 0.5) is 0 Å². The monoisotopic (exact) mass is 258 g/mol. The van der Waals surface area contributed by atoms with E-state index in [9.17, 15) is 9.59 Å². The lowest BCUT2D eigenvalue weighted by atomic mass is 10.0. The Labute approximate surface area is 104 Å². The Morgan fingerprint density at radius 1 is 1.24 bits per heavy atom. The largest absolute Gasteiger partial charge is 0.413 e. The zero-order valence-corrected chi connectivity index (χ0v) is 12.3. The van der Waals surface area contributed by atoms with E-state index in [1.165, 1.54) is 0 Å². The molecule has 0 aromatic carbocycles. The third-order valence-corrected chi connectivity index (χ3v) is 5.34. The highest BCUT2D eigenvalue weighted by Gasteiger charge is 2.36. The Morgan fingerprint density at radius 2 is 1.71 bits per heavy atom. The first-order valence-electron chi connectivity index (χ1n) is 5.99. The maximum Gasteiger partial charge on any atom is 0.316 e. The van der Waals surface area contributed by atoms with Crippen molar-refractivity contribution in [3.05, 3.63) is 0 Å². The van der Waals surface area contributed by atoms with Gasteiger partial charge in [-0.25, -0.2) is 0 Å². The van der Waals surface area contributed by atoms with Gasteiger partial charge in [-0.3, -0.25) is 9.59 Å². The smallest absolute Gasteiger partial charge is 0.316 e. The van der Waals surface area contributed by atoms with Crippen molar-refractivity contribution in [3.63, 3.8) is 0 Å². The van der Waals surface area contributed by atoms with Gasteiger partial charge in [0.05, 0.1) is 18.9 Å². The predicted molar refractivity (Wildman–Crippen MR) is 67.0 cm³/mol. The van der Waals surface area contributed by atoms with Gasteiger partial charge in [0.25, 0.3) is 0 Å². The summed E-state index contributed by atoms with van der Waals surface area (Å²) in [7, 11) is -1.85. The van der Waals surface area contributed by atoms with Crippen molar-refractivity contribution in [2.45, 2.75) is 58.9 Å². The molecule has 0 amide bonds. The highest BCUT2D eigenvalue weighted by atomic mass is 28.4. The van der Waals surface area contributed by atoms with Crippen LogP contribution in [-0.4, -0.2) is 26.4 Å². The first kappa shape index (κ1) is 14.4. The minimum atomic E-state index is -1.85. The number of hydrogen-bond acceptors (Lipinski definition) is 4. The Kier molecular flexibility index (Phi) is 4.14. The summed E-state index contributed by atoms with van der Waals surface area (Å²) in [6.45, 7) is 10.8. The van der Waals surface area contributed by atoms with E-state index in [-0.39, 0.29) is 24.4 Å². The molecule has 1 rings (SSSR count). The molecule has 17 heavy (non-hydrogen) atoms. The van der Waals surface area contributed by atoms with Crippen LogP contribution in [0.15, 0.2) is 0 Å². The molecule has 0 saturated carbocycles. The summed E-state index contributed by atoms with van der Waals surface area (Å²) in [6, 6.07) is 1.000. The van der Waals surface area contributed by atoms with Crippen molar-refractivity contribution in [1.82, 2.24) is 0 Å². The van der Waals surface area contributed by atoms with Gasteiger partial charge in [0.1, 0.15) is 0 Å². The number of carbonyl (C=O) groups is 2. The molecule has 1 fully saturated rings. The lowest BCUT2D eigenvalue weighted by Crippen LogP contribution is -2.42. The molecule has 4 nitrogen and oxygen atoms in total. The van der Waals surface area contributed by atoms with Crippen LogP contribution in [0.2, 0.25) is 19.1 Å². The van der Waals surface area contributed by atoms with E-state index in [0.29, 0.717) is 0 Å². The summed E-state index contributed by atoms with van der Waals surface area (Å²) in [5.41, 5.74) is 0.203. The third-order valence-electron chi connectivity index (χ3n) is 2.46. The van der Waals surface area contributed by atoms with E-state index in [1.807, 2.05) is 0 Å². The molecule has 0 N–H and O–H groups in total. The van der Waals surface area contributed by atoms with Gasteiger partial charge in [-0.15, -0.1) is 0 Å². The lowest BCUT2D eigenvalue weighted by molar-refractivity contribution is -0.167. The zero-order chi connectivity index (χ0) is 13.3. The van der Waals surface area contributed by atoms with E-state index in [0.717, 1.165) is 6.04 Å². The molecule has 0 unspecified atom stereocenters. The minimum absolute atomic E-state index is 0.201. The maximum atomic E-state index is 11.1. The van der Waals surface area contributed by atoms with Crippen molar-refractivity contribution < 1.29 is 18.8 Å². The average Bonchev–Trinajstić information content (AvgIpc) is 1.93. The SMILES string of the molecule is CC(C)(C)C[Si](C)(C)OC1CC(=O)OC(=O)C1. The van der Waals surface area contributed by atoms with Crippen molar-refractivity contribution >= 4 is 20.3 Å². The summed E-state index contributed by atoms with van der Waals surface area (Å²) < 4.78 is 10.5.